The van der Waals surface area contributed by atoms with E-state index < -0.39 is 0 Å². The van der Waals surface area contributed by atoms with Crippen LogP contribution in [0.15, 0.2) is 77.4 Å². The SMILES string of the molecule is COc1ccccc1[C@]1(CCN(Cc2ccccc2)C(=O)c2ccco2)CCOC(C)(C)C1. The Hall–Kier alpha value is -3.05. The molecule has 1 aliphatic heterocycles. The number of para-hydroxylation sites is 1. The molecule has 1 saturated heterocycles. The highest BCUT2D eigenvalue weighted by Gasteiger charge is 2.43. The first-order valence-corrected chi connectivity index (χ1v) is 11.6. The van der Waals surface area contributed by atoms with Gasteiger partial charge in [0, 0.05) is 30.7 Å². The molecule has 1 amide bonds. The molecule has 3 aromatic rings. The Labute approximate surface area is 196 Å². The van der Waals surface area contributed by atoms with Crippen LogP contribution in [0, 0.1) is 0 Å². The lowest BCUT2D eigenvalue weighted by molar-refractivity contribution is -0.0853. The van der Waals surface area contributed by atoms with Crippen LogP contribution in [0.2, 0.25) is 0 Å². The number of nitrogens with zero attached hydrogens (tertiary/aromatic N) is 1. The van der Waals surface area contributed by atoms with Crippen LogP contribution in [0.4, 0.5) is 0 Å². The summed E-state index contributed by atoms with van der Waals surface area (Å²) in [5, 5.41) is 0. The first-order valence-electron chi connectivity index (χ1n) is 11.6. The number of carbonyl (C=O) groups is 1. The monoisotopic (exact) mass is 447 g/mol. The van der Waals surface area contributed by atoms with Gasteiger partial charge in [0.2, 0.25) is 0 Å². The van der Waals surface area contributed by atoms with Crippen molar-refractivity contribution in [1.82, 2.24) is 4.90 Å². The van der Waals surface area contributed by atoms with Crippen molar-refractivity contribution in [2.45, 2.75) is 50.7 Å². The van der Waals surface area contributed by atoms with Gasteiger partial charge in [0.15, 0.2) is 5.76 Å². The molecule has 1 aromatic heterocycles. The van der Waals surface area contributed by atoms with E-state index in [0.717, 1.165) is 30.6 Å². The molecule has 5 nitrogen and oxygen atoms in total. The highest BCUT2D eigenvalue weighted by molar-refractivity contribution is 5.91. The summed E-state index contributed by atoms with van der Waals surface area (Å²) in [5.41, 5.74) is 1.87. The summed E-state index contributed by atoms with van der Waals surface area (Å²) in [5.74, 6) is 1.16. The van der Waals surface area contributed by atoms with Gasteiger partial charge in [-0.15, -0.1) is 0 Å². The van der Waals surface area contributed by atoms with Crippen LogP contribution in [0.25, 0.3) is 0 Å². The first-order chi connectivity index (χ1) is 15.9. The maximum atomic E-state index is 13.4. The third-order valence-corrected chi connectivity index (χ3v) is 6.61. The van der Waals surface area contributed by atoms with Crippen molar-refractivity contribution < 1.29 is 18.7 Å². The largest absolute Gasteiger partial charge is 0.496 e. The number of benzene rings is 2. The number of amides is 1. The number of hydrogen-bond donors (Lipinski definition) is 0. The Morgan fingerprint density at radius 1 is 1.03 bits per heavy atom. The highest BCUT2D eigenvalue weighted by atomic mass is 16.5. The zero-order chi connectivity index (χ0) is 23.3. The molecule has 2 aromatic carbocycles. The normalized spacial score (nSPS) is 19.7. The minimum atomic E-state index is -0.256. The van der Waals surface area contributed by atoms with E-state index in [1.54, 1.807) is 25.5 Å². The number of furan rings is 1. The maximum Gasteiger partial charge on any atom is 0.289 e. The van der Waals surface area contributed by atoms with E-state index in [0.29, 0.717) is 25.5 Å². The second-order valence-corrected chi connectivity index (χ2v) is 9.46. The highest BCUT2D eigenvalue weighted by Crippen LogP contribution is 2.47. The van der Waals surface area contributed by atoms with Crippen molar-refractivity contribution in [3.8, 4) is 5.75 Å². The summed E-state index contributed by atoms with van der Waals surface area (Å²) in [6.07, 6.45) is 4.09. The number of carbonyl (C=O) groups excluding carboxylic acids is 1. The quantitative estimate of drug-likeness (QED) is 0.435. The van der Waals surface area contributed by atoms with Gasteiger partial charge < -0.3 is 18.8 Å². The first kappa shape index (κ1) is 23.1. The van der Waals surface area contributed by atoms with Gasteiger partial charge in [-0.2, -0.15) is 0 Å². The number of ether oxygens (including phenoxy) is 2. The van der Waals surface area contributed by atoms with E-state index in [4.69, 9.17) is 13.9 Å². The second kappa shape index (κ2) is 9.84. The predicted octanol–water partition coefficient (Wildman–Crippen LogP) is 5.85. The second-order valence-electron chi connectivity index (χ2n) is 9.46. The fourth-order valence-electron chi connectivity index (χ4n) is 5.10. The van der Waals surface area contributed by atoms with E-state index in [1.807, 2.05) is 35.2 Å². The Kier molecular flexibility index (Phi) is 6.89. The van der Waals surface area contributed by atoms with Crippen molar-refractivity contribution in [1.29, 1.82) is 0 Å². The van der Waals surface area contributed by atoms with E-state index in [2.05, 4.69) is 38.1 Å². The minimum absolute atomic E-state index is 0.0923. The minimum Gasteiger partial charge on any atom is -0.496 e. The van der Waals surface area contributed by atoms with Crippen molar-refractivity contribution in [3.63, 3.8) is 0 Å². The molecule has 2 heterocycles. The van der Waals surface area contributed by atoms with Gasteiger partial charge in [0.05, 0.1) is 19.0 Å². The fraction of sp³-hybridized carbons (Fsp3) is 0.393. The standard InChI is InChI=1S/C28H33NO4/c1-27(2)21-28(16-19-33-27,23-12-7-8-13-24(23)31-3)15-17-29(20-22-10-5-4-6-11-22)26(30)25-14-9-18-32-25/h4-14,18H,15-17,19-21H2,1-3H3/t28-/m1/s1. The Bertz CT molecular complexity index is 1040. The van der Waals surface area contributed by atoms with Gasteiger partial charge >= 0.3 is 0 Å². The van der Waals surface area contributed by atoms with E-state index in [9.17, 15) is 4.79 Å². The third-order valence-electron chi connectivity index (χ3n) is 6.61. The van der Waals surface area contributed by atoms with Crippen LogP contribution in [-0.4, -0.2) is 36.7 Å². The topological polar surface area (TPSA) is 51.9 Å². The van der Waals surface area contributed by atoms with Gasteiger partial charge in [-0.05, 0) is 56.9 Å². The van der Waals surface area contributed by atoms with Crippen molar-refractivity contribution >= 4 is 5.91 Å². The lowest BCUT2D eigenvalue weighted by Gasteiger charge is -2.46. The van der Waals surface area contributed by atoms with E-state index in [-0.39, 0.29) is 16.9 Å². The van der Waals surface area contributed by atoms with Crippen LogP contribution in [-0.2, 0) is 16.7 Å². The lowest BCUT2D eigenvalue weighted by atomic mass is 9.67. The van der Waals surface area contributed by atoms with Crippen molar-refractivity contribution in [2.75, 3.05) is 20.3 Å². The summed E-state index contributed by atoms with van der Waals surface area (Å²) in [6.45, 7) is 6.10. The molecule has 174 valence electrons. The van der Waals surface area contributed by atoms with Gasteiger partial charge in [0.25, 0.3) is 5.91 Å². The molecule has 0 bridgehead atoms. The molecule has 0 spiro atoms. The molecule has 4 rings (SSSR count). The Balaban J connectivity index is 1.65. The zero-order valence-electron chi connectivity index (χ0n) is 19.8. The molecule has 5 heteroatoms. The molecule has 1 atom stereocenters. The molecule has 0 saturated carbocycles. The summed E-state index contributed by atoms with van der Waals surface area (Å²) >= 11 is 0. The fourth-order valence-corrected chi connectivity index (χ4v) is 5.10. The average Bonchev–Trinajstić information content (AvgIpc) is 3.36. The average molecular weight is 448 g/mol. The maximum absolute atomic E-state index is 13.4. The van der Waals surface area contributed by atoms with Crippen LogP contribution >= 0.6 is 0 Å². The predicted molar refractivity (Wildman–Crippen MR) is 128 cm³/mol. The molecule has 1 fully saturated rings. The Morgan fingerprint density at radius 3 is 2.48 bits per heavy atom. The van der Waals surface area contributed by atoms with Crippen LogP contribution in [0.3, 0.4) is 0 Å². The Morgan fingerprint density at radius 2 is 1.79 bits per heavy atom. The molecule has 0 N–H and O–H groups in total. The number of hydrogen-bond acceptors (Lipinski definition) is 4. The molecule has 0 unspecified atom stereocenters. The number of methoxy groups -OCH3 is 1. The lowest BCUT2D eigenvalue weighted by Crippen LogP contribution is -2.46. The third kappa shape index (κ3) is 5.31. The summed E-state index contributed by atoms with van der Waals surface area (Å²) < 4.78 is 17.3. The molecule has 0 radical (unpaired) electrons. The smallest absolute Gasteiger partial charge is 0.289 e. The van der Waals surface area contributed by atoms with Crippen molar-refractivity contribution in [2.24, 2.45) is 0 Å². The summed E-state index contributed by atoms with van der Waals surface area (Å²) in [6, 6.07) is 21.8. The molecular weight excluding hydrogens is 414 g/mol. The molecule has 0 aliphatic carbocycles. The van der Waals surface area contributed by atoms with Gasteiger partial charge in [0.1, 0.15) is 5.75 Å². The molecular formula is C28H33NO4. The summed E-state index contributed by atoms with van der Waals surface area (Å²) in [4.78, 5) is 15.3. The van der Waals surface area contributed by atoms with Crippen LogP contribution in [0.1, 0.15) is 54.8 Å². The van der Waals surface area contributed by atoms with Crippen LogP contribution in [0.5, 0.6) is 5.75 Å². The van der Waals surface area contributed by atoms with E-state index in [1.165, 1.54) is 5.56 Å². The molecule has 33 heavy (non-hydrogen) atoms. The van der Waals surface area contributed by atoms with E-state index >= 15 is 0 Å². The van der Waals surface area contributed by atoms with Gasteiger partial charge in [-0.3, -0.25) is 4.79 Å². The summed E-state index contributed by atoms with van der Waals surface area (Å²) in [7, 11) is 1.72. The molecule has 1 aliphatic rings. The van der Waals surface area contributed by atoms with Gasteiger partial charge in [-0.25, -0.2) is 0 Å². The number of rotatable bonds is 8. The van der Waals surface area contributed by atoms with Gasteiger partial charge in [-0.1, -0.05) is 48.5 Å². The zero-order valence-corrected chi connectivity index (χ0v) is 19.8. The van der Waals surface area contributed by atoms with Crippen LogP contribution < -0.4 is 4.74 Å². The van der Waals surface area contributed by atoms with Crippen molar-refractivity contribution in [3.05, 3.63) is 89.9 Å².